The van der Waals surface area contributed by atoms with E-state index < -0.39 is 0 Å². The smallest absolute Gasteiger partial charge is 0.253 e. The third-order valence-electron chi connectivity index (χ3n) is 5.80. The molecule has 2 heterocycles. The maximum absolute atomic E-state index is 13.0. The number of hydrazone groups is 1. The quantitative estimate of drug-likeness (QED) is 0.420. The van der Waals surface area contributed by atoms with E-state index >= 15 is 0 Å². The van der Waals surface area contributed by atoms with Crippen molar-refractivity contribution in [2.45, 2.75) is 43.3 Å². The van der Waals surface area contributed by atoms with Gasteiger partial charge in [-0.3, -0.25) is 4.79 Å². The van der Waals surface area contributed by atoms with Crippen molar-refractivity contribution in [2.75, 3.05) is 5.75 Å². The van der Waals surface area contributed by atoms with E-state index in [1.807, 2.05) is 54.7 Å². The van der Waals surface area contributed by atoms with Crippen molar-refractivity contribution in [3.63, 3.8) is 0 Å². The summed E-state index contributed by atoms with van der Waals surface area (Å²) in [6.07, 6.45) is 6.89. The molecule has 1 aliphatic heterocycles. The van der Waals surface area contributed by atoms with Crippen LogP contribution in [0.1, 0.15) is 42.1 Å². The van der Waals surface area contributed by atoms with Gasteiger partial charge >= 0.3 is 0 Å². The number of aromatic nitrogens is 2. The van der Waals surface area contributed by atoms with Gasteiger partial charge < -0.3 is 0 Å². The van der Waals surface area contributed by atoms with Gasteiger partial charge in [0.25, 0.3) is 5.91 Å². The summed E-state index contributed by atoms with van der Waals surface area (Å²) in [5.41, 5.74) is 5.64. The first-order valence-corrected chi connectivity index (χ1v) is 11.8. The fourth-order valence-electron chi connectivity index (χ4n) is 4.27. The van der Waals surface area contributed by atoms with Crippen molar-refractivity contribution >= 4 is 23.9 Å². The summed E-state index contributed by atoms with van der Waals surface area (Å²) in [6.45, 7) is 0. The highest BCUT2D eigenvalue weighted by Gasteiger charge is 2.28. The van der Waals surface area contributed by atoms with Crippen LogP contribution < -0.4 is 0 Å². The zero-order valence-corrected chi connectivity index (χ0v) is 18.1. The van der Waals surface area contributed by atoms with E-state index in [0.29, 0.717) is 5.16 Å². The van der Waals surface area contributed by atoms with Gasteiger partial charge in [-0.15, -0.1) is 0 Å². The second-order valence-corrected chi connectivity index (χ2v) is 8.78. The Bertz CT molecular complexity index is 1100. The molecule has 5 rings (SSSR count). The van der Waals surface area contributed by atoms with Crippen molar-refractivity contribution in [1.82, 2.24) is 15.0 Å². The monoisotopic (exact) mass is 428 g/mol. The maximum atomic E-state index is 13.0. The summed E-state index contributed by atoms with van der Waals surface area (Å²) in [7, 11) is 0. The minimum absolute atomic E-state index is 0.0183. The van der Waals surface area contributed by atoms with Crippen LogP contribution in [0.5, 0.6) is 0 Å². The van der Waals surface area contributed by atoms with E-state index in [9.17, 15) is 4.79 Å². The average Bonchev–Trinajstić information content (AvgIpc) is 3.33. The van der Waals surface area contributed by atoms with Crippen molar-refractivity contribution in [1.29, 1.82) is 0 Å². The van der Waals surface area contributed by atoms with E-state index in [1.54, 1.807) is 5.01 Å². The Kier molecular flexibility index (Phi) is 5.80. The van der Waals surface area contributed by atoms with Crippen LogP contribution in [0.3, 0.4) is 0 Å². The minimum atomic E-state index is -0.0290. The Morgan fingerprint density at radius 2 is 1.71 bits per heavy atom. The second kappa shape index (κ2) is 9.02. The topological polar surface area (TPSA) is 58.5 Å². The van der Waals surface area contributed by atoms with Gasteiger partial charge in [-0.05, 0) is 31.2 Å². The molecular weight excluding hydrogens is 404 g/mol. The van der Waals surface area contributed by atoms with Crippen molar-refractivity contribution < 1.29 is 4.79 Å². The summed E-state index contributed by atoms with van der Waals surface area (Å²) in [6, 6.07) is 20.3. The van der Waals surface area contributed by atoms with Gasteiger partial charge in [-0.1, -0.05) is 72.4 Å². The Morgan fingerprint density at radius 1 is 0.968 bits per heavy atom. The molecule has 0 bridgehead atoms. The number of hydrogen-bond donors (Lipinski definition) is 0. The normalized spacial score (nSPS) is 17.5. The summed E-state index contributed by atoms with van der Waals surface area (Å²) >= 11 is 1.41. The molecule has 31 heavy (non-hydrogen) atoms. The van der Waals surface area contributed by atoms with Gasteiger partial charge in [0.05, 0.1) is 17.5 Å². The number of thioether (sulfide) groups is 1. The molecule has 0 saturated heterocycles. The molecule has 1 aliphatic carbocycles. The molecule has 0 N–H and O–H groups in total. The van der Waals surface area contributed by atoms with E-state index in [1.165, 1.54) is 23.7 Å². The van der Waals surface area contributed by atoms with E-state index in [-0.39, 0.29) is 17.7 Å². The number of carbonyl (C=O) groups is 1. The molecule has 1 amide bonds. The summed E-state index contributed by atoms with van der Waals surface area (Å²) in [4.78, 5) is 22.7. The fraction of sp³-hybridized carbons (Fsp3) is 0.280. The summed E-state index contributed by atoms with van der Waals surface area (Å²) in [5, 5.41) is 6.63. The zero-order valence-electron chi connectivity index (χ0n) is 17.3. The zero-order chi connectivity index (χ0) is 21.0. The lowest BCUT2D eigenvalue weighted by Gasteiger charge is -2.22. The number of amides is 1. The number of rotatable bonds is 5. The molecule has 156 valence electrons. The third-order valence-corrected chi connectivity index (χ3v) is 6.64. The van der Waals surface area contributed by atoms with Gasteiger partial charge in [0.1, 0.15) is 0 Å². The van der Waals surface area contributed by atoms with Crippen LogP contribution in [-0.2, 0) is 17.6 Å². The molecule has 0 spiro atoms. The molecule has 0 saturated carbocycles. The lowest BCUT2D eigenvalue weighted by molar-refractivity contribution is -0.130. The van der Waals surface area contributed by atoms with Crippen LogP contribution in [0.4, 0.5) is 0 Å². The number of fused-ring (bicyclic) bond motifs is 1. The molecule has 0 fully saturated rings. The molecular formula is C25H24N4OS. The first-order chi connectivity index (χ1) is 15.3. The number of hydrogen-bond acceptors (Lipinski definition) is 5. The van der Waals surface area contributed by atoms with Gasteiger partial charge in [0, 0.05) is 29.5 Å². The van der Waals surface area contributed by atoms with E-state index in [0.717, 1.165) is 48.2 Å². The summed E-state index contributed by atoms with van der Waals surface area (Å²) in [5.74, 6) is 0.253. The van der Waals surface area contributed by atoms with Crippen molar-refractivity contribution in [3.05, 3.63) is 77.5 Å². The predicted octanol–water partition coefficient (Wildman–Crippen LogP) is 5.07. The van der Waals surface area contributed by atoms with Crippen LogP contribution in [0.2, 0.25) is 0 Å². The van der Waals surface area contributed by atoms with Crippen LogP contribution in [0.15, 0.2) is 70.9 Å². The van der Waals surface area contributed by atoms with Crippen LogP contribution in [-0.4, -0.2) is 32.9 Å². The number of benzene rings is 2. The average molecular weight is 429 g/mol. The number of nitrogens with zero attached hydrogens (tertiary/aromatic N) is 4. The summed E-state index contributed by atoms with van der Waals surface area (Å²) < 4.78 is 0. The molecule has 1 atom stereocenters. The van der Waals surface area contributed by atoms with E-state index in [2.05, 4.69) is 17.2 Å². The number of carbonyl (C=O) groups excluding carboxylic acids is 1. The Labute approximate surface area is 186 Å². The highest BCUT2D eigenvalue weighted by atomic mass is 32.2. The molecule has 1 aromatic heterocycles. The minimum Gasteiger partial charge on any atom is -0.272 e. The van der Waals surface area contributed by atoms with Crippen LogP contribution in [0, 0.1) is 0 Å². The molecule has 5 nitrogen and oxygen atoms in total. The third kappa shape index (κ3) is 4.26. The molecule has 2 aliphatic rings. The lowest BCUT2D eigenvalue weighted by atomic mass is 9.92. The molecule has 0 radical (unpaired) electrons. The van der Waals surface area contributed by atoms with Gasteiger partial charge in [-0.2, -0.15) is 5.10 Å². The molecule has 6 heteroatoms. The van der Waals surface area contributed by atoms with Gasteiger partial charge in [0.2, 0.25) is 0 Å². The standard InChI is InChI=1S/C25H24N4OS/c30-23(29-22(15-16-26-29)18-9-3-1-4-10-18)17-31-25-27-21-14-8-7-13-20(21)24(28-25)19-11-5-2-6-12-19/h1-6,9-12,16,22H,7-8,13-15,17H2. The Balaban J connectivity index is 1.36. The molecule has 2 aromatic carbocycles. The van der Waals surface area contributed by atoms with Crippen LogP contribution >= 0.6 is 11.8 Å². The van der Waals surface area contributed by atoms with Crippen molar-refractivity contribution in [2.24, 2.45) is 5.10 Å². The maximum Gasteiger partial charge on any atom is 0.253 e. The second-order valence-electron chi connectivity index (χ2n) is 7.84. The van der Waals surface area contributed by atoms with Gasteiger partial charge in [-0.25, -0.2) is 15.0 Å². The van der Waals surface area contributed by atoms with Gasteiger partial charge in [0.15, 0.2) is 5.16 Å². The Hall–Kier alpha value is -2.99. The largest absolute Gasteiger partial charge is 0.272 e. The first-order valence-electron chi connectivity index (χ1n) is 10.8. The highest BCUT2D eigenvalue weighted by Crippen LogP contribution is 2.32. The van der Waals surface area contributed by atoms with Crippen LogP contribution in [0.25, 0.3) is 11.3 Å². The first kappa shape index (κ1) is 19.9. The number of aryl methyl sites for hydroxylation is 1. The fourth-order valence-corrected chi connectivity index (χ4v) is 4.98. The Morgan fingerprint density at radius 3 is 2.52 bits per heavy atom. The lowest BCUT2D eigenvalue weighted by Crippen LogP contribution is -2.28. The SMILES string of the molecule is O=C(CSc1nc2c(c(-c3ccccc3)n1)CCCC2)N1N=CCC1c1ccccc1. The molecule has 3 aromatic rings. The molecule has 1 unspecified atom stereocenters. The highest BCUT2D eigenvalue weighted by molar-refractivity contribution is 7.99. The van der Waals surface area contributed by atoms with Crippen molar-refractivity contribution in [3.8, 4) is 11.3 Å². The predicted molar refractivity (Wildman–Crippen MR) is 124 cm³/mol. The van der Waals surface area contributed by atoms with E-state index in [4.69, 9.17) is 9.97 Å².